The van der Waals surface area contributed by atoms with Gasteiger partial charge < -0.3 is 24.1 Å². The summed E-state index contributed by atoms with van der Waals surface area (Å²) < 4.78 is 23.4. The van der Waals surface area contributed by atoms with Crippen LogP contribution in [0.15, 0.2) is 65.6 Å². The quantitative estimate of drug-likeness (QED) is 0.888. The molecule has 0 bridgehead atoms. The van der Waals surface area contributed by atoms with E-state index in [4.69, 9.17) is 18.9 Å². The van der Waals surface area contributed by atoms with Gasteiger partial charge in [0, 0.05) is 17.6 Å². The molecule has 5 nitrogen and oxygen atoms in total. The van der Waals surface area contributed by atoms with Gasteiger partial charge in [-0.15, -0.1) is 11.8 Å². The molecule has 0 spiro atoms. The fourth-order valence-electron chi connectivity index (χ4n) is 3.32. The van der Waals surface area contributed by atoms with Gasteiger partial charge in [-0.2, -0.15) is 0 Å². The molecular weight excluding hydrogens is 352 g/mol. The van der Waals surface area contributed by atoms with Crippen LogP contribution in [0, 0.1) is 0 Å². The molecule has 138 valence electrons. The van der Waals surface area contributed by atoms with Gasteiger partial charge in [0.2, 0.25) is 0 Å². The van der Waals surface area contributed by atoms with Crippen molar-refractivity contribution < 1.29 is 24.1 Å². The summed E-state index contributed by atoms with van der Waals surface area (Å²) in [5, 5.41) is 10.7. The molecule has 2 saturated heterocycles. The SMILES string of the molecule is CO[C@H]1O[C@@H]2COC(c3ccccc3)O[C@H]2[C@@H](O)[C@@H]1Sc1ccccc1. The van der Waals surface area contributed by atoms with Gasteiger partial charge >= 0.3 is 0 Å². The topological polar surface area (TPSA) is 57.2 Å². The summed E-state index contributed by atoms with van der Waals surface area (Å²) in [6.45, 7) is 0.351. The van der Waals surface area contributed by atoms with Crippen molar-refractivity contribution in [2.45, 2.75) is 41.0 Å². The van der Waals surface area contributed by atoms with Crippen molar-refractivity contribution in [3.8, 4) is 0 Å². The van der Waals surface area contributed by atoms with Crippen LogP contribution in [0.2, 0.25) is 0 Å². The molecule has 1 N–H and O–H groups in total. The number of ether oxygens (including phenoxy) is 4. The van der Waals surface area contributed by atoms with Crippen molar-refractivity contribution in [3.63, 3.8) is 0 Å². The average Bonchev–Trinajstić information content (AvgIpc) is 2.71. The van der Waals surface area contributed by atoms with Crippen molar-refractivity contribution in [2.24, 2.45) is 0 Å². The summed E-state index contributed by atoms with van der Waals surface area (Å²) in [6, 6.07) is 19.7. The van der Waals surface area contributed by atoms with Crippen LogP contribution in [0.3, 0.4) is 0 Å². The van der Waals surface area contributed by atoms with E-state index in [2.05, 4.69) is 0 Å². The lowest BCUT2D eigenvalue weighted by molar-refractivity contribution is -0.332. The highest BCUT2D eigenvalue weighted by Gasteiger charge is 2.49. The maximum atomic E-state index is 11.0. The van der Waals surface area contributed by atoms with E-state index in [9.17, 15) is 5.11 Å². The molecule has 2 aliphatic rings. The smallest absolute Gasteiger partial charge is 0.184 e. The third-order valence-electron chi connectivity index (χ3n) is 4.63. The first-order valence-corrected chi connectivity index (χ1v) is 9.54. The molecule has 26 heavy (non-hydrogen) atoms. The minimum atomic E-state index is -0.737. The molecule has 2 aromatic carbocycles. The van der Waals surface area contributed by atoms with E-state index < -0.39 is 24.8 Å². The Morgan fingerprint density at radius 2 is 1.69 bits per heavy atom. The van der Waals surface area contributed by atoms with Crippen LogP contribution in [-0.4, -0.2) is 48.7 Å². The van der Waals surface area contributed by atoms with E-state index in [-0.39, 0.29) is 11.4 Å². The zero-order valence-electron chi connectivity index (χ0n) is 14.4. The molecule has 2 heterocycles. The van der Waals surface area contributed by atoms with E-state index in [0.29, 0.717) is 6.61 Å². The van der Waals surface area contributed by atoms with Crippen LogP contribution in [0.25, 0.3) is 0 Å². The van der Waals surface area contributed by atoms with E-state index >= 15 is 0 Å². The number of aliphatic hydroxyl groups excluding tert-OH is 1. The molecule has 2 fully saturated rings. The van der Waals surface area contributed by atoms with Crippen LogP contribution in [0.1, 0.15) is 11.9 Å². The molecule has 0 amide bonds. The third kappa shape index (κ3) is 3.67. The summed E-state index contributed by atoms with van der Waals surface area (Å²) in [4.78, 5) is 1.05. The Morgan fingerprint density at radius 1 is 1.00 bits per heavy atom. The summed E-state index contributed by atoms with van der Waals surface area (Å²) in [5.74, 6) is 0. The van der Waals surface area contributed by atoms with Crippen LogP contribution in [-0.2, 0) is 18.9 Å². The summed E-state index contributed by atoms with van der Waals surface area (Å²) in [6.07, 6.45) is -2.60. The number of hydrogen-bond acceptors (Lipinski definition) is 6. The lowest BCUT2D eigenvalue weighted by atomic mass is 10.00. The van der Waals surface area contributed by atoms with Crippen molar-refractivity contribution in [1.82, 2.24) is 0 Å². The number of thioether (sulfide) groups is 1. The second-order valence-electron chi connectivity index (χ2n) is 6.34. The van der Waals surface area contributed by atoms with Gasteiger partial charge in [0.05, 0.1) is 11.9 Å². The Morgan fingerprint density at radius 3 is 2.38 bits per heavy atom. The van der Waals surface area contributed by atoms with Gasteiger partial charge in [0.15, 0.2) is 12.6 Å². The average molecular weight is 374 g/mol. The van der Waals surface area contributed by atoms with Crippen LogP contribution >= 0.6 is 11.8 Å². The Balaban J connectivity index is 1.52. The van der Waals surface area contributed by atoms with Gasteiger partial charge in [0.25, 0.3) is 0 Å². The zero-order chi connectivity index (χ0) is 17.9. The minimum absolute atomic E-state index is 0.293. The number of hydrogen-bond donors (Lipinski definition) is 1. The maximum absolute atomic E-state index is 11.0. The van der Waals surface area contributed by atoms with Crippen LogP contribution in [0.4, 0.5) is 0 Å². The molecule has 2 aromatic rings. The minimum Gasteiger partial charge on any atom is -0.389 e. The number of methoxy groups -OCH3 is 1. The monoisotopic (exact) mass is 374 g/mol. The first kappa shape index (κ1) is 18.0. The number of rotatable bonds is 4. The first-order valence-electron chi connectivity index (χ1n) is 8.66. The molecule has 6 heteroatoms. The molecule has 0 radical (unpaired) electrons. The Kier molecular flexibility index (Phi) is 5.59. The second kappa shape index (κ2) is 8.08. The van der Waals surface area contributed by atoms with Crippen LogP contribution < -0.4 is 0 Å². The Hall–Kier alpha value is -1.41. The predicted octanol–water partition coefficient (Wildman–Crippen LogP) is 2.99. The summed E-state index contributed by atoms with van der Waals surface area (Å²) in [7, 11) is 1.59. The van der Waals surface area contributed by atoms with Crippen molar-refractivity contribution in [3.05, 3.63) is 66.2 Å². The molecule has 0 aromatic heterocycles. The molecule has 6 atom stereocenters. The predicted molar refractivity (Wildman–Crippen MR) is 97.8 cm³/mol. The molecular formula is C20H22O5S. The first-order chi connectivity index (χ1) is 12.8. The Labute approximate surface area is 157 Å². The molecule has 1 unspecified atom stereocenters. The zero-order valence-corrected chi connectivity index (χ0v) is 15.2. The van der Waals surface area contributed by atoms with E-state index in [1.165, 1.54) is 11.8 Å². The molecule has 0 saturated carbocycles. The highest BCUT2D eigenvalue weighted by atomic mass is 32.2. The van der Waals surface area contributed by atoms with Crippen molar-refractivity contribution in [1.29, 1.82) is 0 Å². The number of aliphatic hydroxyl groups is 1. The lowest BCUT2D eigenvalue weighted by Crippen LogP contribution is -2.61. The van der Waals surface area contributed by atoms with Gasteiger partial charge in [0.1, 0.15) is 18.3 Å². The summed E-state index contributed by atoms with van der Waals surface area (Å²) >= 11 is 1.54. The molecule has 0 aliphatic carbocycles. The third-order valence-corrected chi connectivity index (χ3v) is 5.95. The number of fused-ring (bicyclic) bond motifs is 1. The molecule has 2 aliphatic heterocycles. The maximum Gasteiger partial charge on any atom is 0.184 e. The number of benzene rings is 2. The van der Waals surface area contributed by atoms with Crippen LogP contribution in [0.5, 0.6) is 0 Å². The highest BCUT2D eigenvalue weighted by molar-refractivity contribution is 8.00. The fraction of sp³-hybridized carbons (Fsp3) is 0.400. The molecule has 4 rings (SSSR count). The Bertz CT molecular complexity index is 698. The normalized spacial score (nSPS) is 34.2. The van der Waals surface area contributed by atoms with Gasteiger partial charge in [-0.1, -0.05) is 48.5 Å². The van der Waals surface area contributed by atoms with E-state index in [1.54, 1.807) is 7.11 Å². The second-order valence-corrected chi connectivity index (χ2v) is 7.59. The summed E-state index contributed by atoms with van der Waals surface area (Å²) in [5.41, 5.74) is 0.930. The van der Waals surface area contributed by atoms with Crippen molar-refractivity contribution in [2.75, 3.05) is 13.7 Å². The highest BCUT2D eigenvalue weighted by Crippen LogP contribution is 2.40. The largest absolute Gasteiger partial charge is 0.389 e. The van der Waals surface area contributed by atoms with Gasteiger partial charge in [-0.25, -0.2) is 0 Å². The van der Waals surface area contributed by atoms with Gasteiger partial charge in [-0.3, -0.25) is 0 Å². The van der Waals surface area contributed by atoms with Crippen molar-refractivity contribution >= 4 is 11.8 Å². The van der Waals surface area contributed by atoms with Gasteiger partial charge in [-0.05, 0) is 12.1 Å². The lowest BCUT2D eigenvalue weighted by Gasteiger charge is -2.47. The fourth-order valence-corrected chi connectivity index (χ4v) is 4.53. The van der Waals surface area contributed by atoms with E-state index in [1.807, 2.05) is 60.7 Å². The standard InChI is InChI=1S/C20H22O5S/c1-22-20-18(26-14-10-6-3-7-11-14)16(21)17-15(24-20)12-23-19(25-17)13-8-4-2-5-9-13/h2-11,15-21H,12H2,1H3/t15-,16-,17-,18+,19?,20+/m1/s1. The van der Waals surface area contributed by atoms with E-state index in [0.717, 1.165) is 10.5 Å².